The van der Waals surface area contributed by atoms with Crippen molar-refractivity contribution in [3.05, 3.63) is 202 Å². The van der Waals surface area contributed by atoms with Crippen molar-refractivity contribution in [1.82, 2.24) is 0 Å². The Hall–Kier alpha value is -5.19. The molecule has 1 unspecified atom stereocenters. The van der Waals surface area contributed by atoms with E-state index in [0.717, 1.165) is 82.7 Å². The van der Waals surface area contributed by atoms with E-state index < -0.39 is 35.5 Å². The van der Waals surface area contributed by atoms with Gasteiger partial charge in [-0.15, -0.1) is 0 Å². The van der Waals surface area contributed by atoms with Crippen LogP contribution in [0.5, 0.6) is 17.2 Å². The molecule has 0 radical (unpaired) electrons. The number of anilines is 4. The lowest BCUT2D eigenvalue weighted by atomic mass is 10.00. The fraction of sp³-hybridized carbons (Fsp3) is 0.254. The second kappa shape index (κ2) is 30.2. The maximum Gasteiger partial charge on any atom is 0.343 e. The first-order chi connectivity index (χ1) is 39.9. The lowest BCUT2D eigenvalue weighted by molar-refractivity contribution is -0.133. The number of carbonyl (C=O) groups excluding carboxylic acids is 5. The first-order valence-corrected chi connectivity index (χ1v) is 32.5. The smallest absolute Gasteiger partial charge is 0.343 e. The van der Waals surface area contributed by atoms with Crippen LogP contribution in [0.1, 0.15) is 82.6 Å². The standard InChI is InChI=1S/C26H22Br2N2O4.C15H8Br2N2O3.C11H13BrO.C6H5BrO.C5H9Br/c27-18-7-11-20(12-8-18)29-24(31)26(33,30(25(29)32)21-13-9-19(28)10-14-21)17-5-15-23(16-6-17)34-22-3-1-2-4-22;16-9-1-5-11(6-2-9)18-13(20)14(21)19(15(18)22)12-7-3-10(17)4-8-12;12-9-5-7-11(8-6-9)13-10-3-1-2-4-10;7-5-1-3-6(8)4-2-5;6-5-3-1-2-4-5/h5-16,22,33H,1-4H2;1-8H;5-8,10H,1-4H2;1-4,8H;5H,1-4H2. The van der Waals surface area contributed by atoms with Gasteiger partial charge >= 0.3 is 23.9 Å². The number of rotatable bonds is 9. The molecule has 20 heteroatoms. The highest BCUT2D eigenvalue weighted by Gasteiger charge is 2.59. The van der Waals surface area contributed by atoms with Gasteiger partial charge in [-0.25, -0.2) is 24.3 Å². The second-order valence-corrected chi connectivity index (χ2v) is 26.6. The van der Waals surface area contributed by atoms with E-state index >= 15 is 0 Å². The van der Waals surface area contributed by atoms with Gasteiger partial charge in [0.25, 0.3) is 11.6 Å². The molecule has 0 bridgehead atoms. The maximum atomic E-state index is 13.7. The minimum atomic E-state index is -2.22. The number of amides is 7. The van der Waals surface area contributed by atoms with Gasteiger partial charge in [0.2, 0.25) is 0 Å². The summed E-state index contributed by atoms with van der Waals surface area (Å²) in [5.74, 6) is -0.503. The van der Waals surface area contributed by atoms with Gasteiger partial charge in [-0.1, -0.05) is 124 Å². The SMILES string of the molecule is BrC1CCCC1.Brc1ccc(OC2CCCC2)cc1.O=C1C(=O)N(c2ccc(Br)cc2)C(=O)N1c1ccc(Br)cc1.O=C1N(c2ccc(Br)cc2)C(=O)C(O)(c2ccc(OC3CCCC3)cc2)N1c1ccc(Br)cc1.Oc1ccc(Br)cc1. The number of ether oxygens (including phenoxy) is 2. The van der Waals surface area contributed by atoms with Gasteiger partial charge in [0.15, 0.2) is 0 Å². The zero-order valence-electron chi connectivity index (χ0n) is 44.6. The highest BCUT2D eigenvalue weighted by atomic mass is 79.9. The van der Waals surface area contributed by atoms with E-state index in [1.807, 2.05) is 24.3 Å². The van der Waals surface area contributed by atoms with Gasteiger partial charge < -0.3 is 19.7 Å². The normalized spacial score (nSPS) is 18.0. The Balaban J connectivity index is 0.000000155. The summed E-state index contributed by atoms with van der Waals surface area (Å²) in [5, 5.41) is 20.6. The molecular formula is C63H57Br7N4O9. The van der Waals surface area contributed by atoms with Gasteiger partial charge in [0.1, 0.15) is 17.2 Å². The molecule has 432 valence electrons. The van der Waals surface area contributed by atoms with E-state index in [4.69, 9.17) is 14.6 Å². The van der Waals surface area contributed by atoms with Crippen LogP contribution in [0.25, 0.3) is 0 Å². The predicted molar refractivity (Wildman–Crippen MR) is 350 cm³/mol. The number of nitrogens with zero attached hydrogens (tertiary/aromatic N) is 4. The molecule has 2 saturated heterocycles. The zero-order valence-corrected chi connectivity index (χ0v) is 55.7. The largest absolute Gasteiger partial charge is 0.508 e. The van der Waals surface area contributed by atoms with Crippen LogP contribution >= 0.6 is 112 Å². The topological polar surface area (TPSA) is 157 Å². The third kappa shape index (κ3) is 16.8. The number of phenols is 1. The van der Waals surface area contributed by atoms with Crippen molar-refractivity contribution >= 4 is 164 Å². The summed E-state index contributed by atoms with van der Waals surface area (Å²) in [7, 11) is 0. The molecule has 7 amide bonds. The number of benzene rings is 7. The minimum absolute atomic E-state index is 0.191. The van der Waals surface area contributed by atoms with E-state index in [1.165, 1.54) is 51.4 Å². The number of phenolic OH excluding ortho intramolecular Hbond substituents is 1. The van der Waals surface area contributed by atoms with Crippen LogP contribution < -0.4 is 29.1 Å². The van der Waals surface area contributed by atoms with E-state index in [2.05, 4.69) is 112 Å². The third-order valence-corrected chi connectivity index (χ3v) is 18.0. The van der Waals surface area contributed by atoms with Crippen LogP contribution in [-0.4, -0.2) is 57.0 Å². The lowest BCUT2D eigenvalue weighted by Crippen LogP contribution is -2.47. The first kappa shape index (κ1) is 63.8. The van der Waals surface area contributed by atoms with Crippen LogP contribution in [0, 0.1) is 0 Å². The Morgan fingerprint density at radius 1 is 0.386 bits per heavy atom. The fourth-order valence-electron chi connectivity index (χ4n) is 9.63. The Morgan fingerprint density at radius 2 is 0.687 bits per heavy atom. The average molecular weight is 1570 g/mol. The van der Waals surface area contributed by atoms with Crippen LogP contribution in [0.3, 0.4) is 0 Å². The molecule has 1 atom stereocenters. The summed E-state index contributed by atoms with van der Waals surface area (Å²) in [6.45, 7) is 0. The molecule has 2 heterocycles. The second-order valence-electron chi connectivity index (χ2n) is 19.8. The summed E-state index contributed by atoms with van der Waals surface area (Å²) >= 11 is 23.5. The fourth-order valence-corrected chi connectivity index (χ4v) is 11.9. The van der Waals surface area contributed by atoms with Crippen LogP contribution in [-0.2, 0) is 20.1 Å². The van der Waals surface area contributed by atoms with Crippen molar-refractivity contribution < 1.29 is 43.7 Å². The molecule has 2 aliphatic heterocycles. The number of hydrogen-bond donors (Lipinski definition) is 2. The summed E-state index contributed by atoms with van der Waals surface area (Å²) in [6.07, 6.45) is 15.8. The van der Waals surface area contributed by atoms with Crippen LogP contribution in [0.15, 0.2) is 197 Å². The number of aromatic hydroxyl groups is 1. The quantitative estimate of drug-likeness (QED) is 0.0815. The molecule has 7 aromatic carbocycles. The summed E-state index contributed by atoms with van der Waals surface area (Å²) < 4.78 is 17.2. The Bertz CT molecular complexity index is 3220. The number of imide groups is 3. The Morgan fingerprint density at radius 3 is 1.02 bits per heavy atom. The summed E-state index contributed by atoms with van der Waals surface area (Å²) in [6, 6.07) is 47.2. The molecule has 12 rings (SSSR count). The van der Waals surface area contributed by atoms with Crippen molar-refractivity contribution in [2.75, 3.05) is 19.6 Å². The molecule has 83 heavy (non-hydrogen) atoms. The van der Waals surface area contributed by atoms with E-state index in [-0.39, 0.29) is 11.7 Å². The maximum absolute atomic E-state index is 13.7. The molecule has 13 nitrogen and oxygen atoms in total. The van der Waals surface area contributed by atoms with Gasteiger partial charge in [-0.3, -0.25) is 19.3 Å². The molecule has 5 aliphatic rings. The van der Waals surface area contributed by atoms with Crippen LogP contribution in [0.4, 0.5) is 32.3 Å². The molecule has 3 saturated carbocycles. The van der Waals surface area contributed by atoms with Gasteiger partial charge in [0.05, 0.1) is 29.3 Å². The molecule has 5 fully saturated rings. The van der Waals surface area contributed by atoms with E-state index in [9.17, 15) is 29.1 Å². The van der Waals surface area contributed by atoms with Crippen molar-refractivity contribution in [2.45, 2.75) is 99.8 Å². The van der Waals surface area contributed by atoms with Gasteiger partial charge in [0, 0.05) is 42.9 Å². The van der Waals surface area contributed by atoms with Crippen molar-refractivity contribution in [3.63, 3.8) is 0 Å². The third-order valence-electron chi connectivity index (χ3n) is 13.9. The molecule has 0 spiro atoms. The number of hydrogen-bond acceptors (Lipinski definition) is 9. The Kier molecular flexibility index (Phi) is 23.3. The van der Waals surface area contributed by atoms with Crippen molar-refractivity contribution in [1.29, 1.82) is 0 Å². The Labute approximate surface area is 541 Å². The lowest BCUT2D eigenvalue weighted by Gasteiger charge is -2.30. The van der Waals surface area contributed by atoms with Crippen molar-refractivity contribution in [2.24, 2.45) is 0 Å². The number of alkyl halides is 1. The predicted octanol–water partition coefficient (Wildman–Crippen LogP) is 18.3. The van der Waals surface area contributed by atoms with Gasteiger partial charge in [-0.05, 0) is 234 Å². The first-order valence-electron chi connectivity index (χ1n) is 26.8. The minimum Gasteiger partial charge on any atom is -0.508 e. The highest BCUT2D eigenvalue weighted by Crippen LogP contribution is 2.42. The molecule has 7 aromatic rings. The average Bonchev–Trinajstić information content (AvgIpc) is 2.10. The monoisotopic (exact) mass is 1570 g/mol. The van der Waals surface area contributed by atoms with Crippen molar-refractivity contribution in [3.8, 4) is 17.2 Å². The highest BCUT2D eigenvalue weighted by molar-refractivity contribution is 9.11. The number of aliphatic hydroxyl groups is 1. The summed E-state index contributed by atoms with van der Waals surface area (Å²) in [4.78, 5) is 68.8. The molecular weight excluding hydrogens is 1520 g/mol. The van der Waals surface area contributed by atoms with Gasteiger partial charge in [-0.2, -0.15) is 0 Å². The van der Waals surface area contributed by atoms with E-state index in [0.29, 0.717) is 40.4 Å². The summed E-state index contributed by atoms with van der Waals surface area (Å²) in [5.41, 5.74) is -0.457. The van der Waals surface area contributed by atoms with Crippen LogP contribution in [0.2, 0.25) is 0 Å². The molecule has 3 aliphatic carbocycles. The number of halogens is 7. The zero-order chi connectivity index (χ0) is 59.2. The number of urea groups is 2. The number of carbonyl (C=O) groups is 5. The van der Waals surface area contributed by atoms with E-state index in [1.54, 1.807) is 146 Å². The molecule has 0 aromatic heterocycles. The molecule has 2 N–H and O–H groups in total.